The Bertz CT molecular complexity index is 812. The predicted molar refractivity (Wildman–Crippen MR) is 106 cm³/mol. The number of rotatable bonds is 9. The van der Waals surface area contributed by atoms with Crippen LogP contribution in [-0.4, -0.2) is 39.5 Å². The second-order valence-electron chi connectivity index (χ2n) is 5.44. The number of carbonyl (C=O) groups is 1. The summed E-state index contributed by atoms with van der Waals surface area (Å²) in [5.41, 5.74) is 1.63. The minimum absolute atomic E-state index is 0.194. The van der Waals surface area contributed by atoms with Crippen LogP contribution in [0, 0.1) is 0 Å². The van der Waals surface area contributed by atoms with Gasteiger partial charge in [-0.25, -0.2) is 0 Å². The average molecular weight is 411 g/mol. The molecule has 1 N–H and O–H groups in total. The van der Waals surface area contributed by atoms with E-state index in [9.17, 15) is 4.79 Å². The molecule has 144 valence electrons. The molecule has 0 aliphatic heterocycles. The lowest BCUT2D eigenvalue weighted by atomic mass is 10.1. The number of ether oxygens (including phenoxy) is 2. The molecule has 27 heavy (non-hydrogen) atoms. The van der Waals surface area contributed by atoms with Crippen molar-refractivity contribution in [2.75, 3.05) is 27.4 Å². The van der Waals surface area contributed by atoms with E-state index in [0.717, 1.165) is 5.56 Å². The predicted octanol–water partition coefficient (Wildman–Crippen LogP) is 3.72. The van der Waals surface area contributed by atoms with E-state index in [4.69, 9.17) is 37.5 Å². The molecule has 0 heterocycles. The maximum Gasteiger partial charge on any atom is 0.260 e. The van der Waals surface area contributed by atoms with Gasteiger partial charge in [0, 0.05) is 12.1 Å². The maximum atomic E-state index is 11.8. The summed E-state index contributed by atoms with van der Waals surface area (Å²) < 4.78 is 10.5. The van der Waals surface area contributed by atoms with Crippen LogP contribution in [0.4, 0.5) is 0 Å². The van der Waals surface area contributed by atoms with E-state index in [2.05, 4.69) is 10.5 Å². The highest BCUT2D eigenvalue weighted by Gasteiger charge is 2.06. The van der Waals surface area contributed by atoms with E-state index in [1.54, 1.807) is 32.4 Å². The Hall–Kier alpha value is -2.44. The Morgan fingerprint density at radius 1 is 1.15 bits per heavy atom. The lowest BCUT2D eigenvalue weighted by Gasteiger charge is -2.10. The quantitative estimate of drug-likeness (QED) is 0.505. The van der Waals surface area contributed by atoms with Crippen molar-refractivity contribution in [2.24, 2.45) is 5.16 Å². The number of carbonyl (C=O) groups excluding carboxylic acids is 1. The first-order valence-electron chi connectivity index (χ1n) is 8.12. The molecule has 0 saturated heterocycles. The van der Waals surface area contributed by atoms with Crippen LogP contribution in [-0.2, 0) is 16.1 Å². The van der Waals surface area contributed by atoms with Crippen molar-refractivity contribution in [2.45, 2.75) is 6.42 Å². The first-order chi connectivity index (χ1) is 13.0. The van der Waals surface area contributed by atoms with Gasteiger partial charge in [0.05, 0.1) is 30.5 Å². The number of halogens is 2. The monoisotopic (exact) mass is 410 g/mol. The molecule has 2 rings (SSSR count). The molecule has 0 saturated carbocycles. The van der Waals surface area contributed by atoms with Gasteiger partial charge in [-0.2, -0.15) is 0 Å². The molecule has 0 aromatic heterocycles. The third-order valence-electron chi connectivity index (χ3n) is 3.63. The van der Waals surface area contributed by atoms with Crippen LogP contribution >= 0.6 is 23.2 Å². The summed E-state index contributed by atoms with van der Waals surface area (Å²) in [6.07, 6.45) is 2.05. The molecule has 0 fully saturated rings. The van der Waals surface area contributed by atoms with Gasteiger partial charge >= 0.3 is 0 Å². The third-order valence-corrected chi connectivity index (χ3v) is 4.46. The van der Waals surface area contributed by atoms with Crippen molar-refractivity contribution >= 4 is 35.3 Å². The van der Waals surface area contributed by atoms with Gasteiger partial charge in [0.1, 0.15) is 0 Å². The normalized spacial score (nSPS) is 10.7. The van der Waals surface area contributed by atoms with Gasteiger partial charge in [0.2, 0.25) is 0 Å². The van der Waals surface area contributed by atoms with Gasteiger partial charge < -0.3 is 19.6 Å². The van der Waals surface area contributed by atoms with Crippen LogP contribution in [0.15, 0.2) is 41.6 Å². The van der Waals surface area contributed by atoms with Crippen LogP contribution in [0.1, 0.15) is 11.1 Å². The van der Waals surface area contributed by atoms with Crippen molar-refractivity contribution in [3.63, 3.8) is 0 Å². The van der Waals surface area contributed by atoms with E-state index in [0.29, 0.717) is 40.1 Å². The van der Waals surface area contributed by atoms with E-state index in [1.165, 1.54) is 6.21 Å². The van der Waals surface area contributed by atoms with Gasteiger partial charge in [-0.3, -0.25) is 4.79 Å². The summed E-state index contributed by atoms with van der Waals surface area (Å²) in [5, 5.41) is 7.30. The largest absolute Gasteiger partial charge is 0.493 e. The topological polar surface area (TPSA) is 69.2 Å². The molecule has 0 radical (unpaired) electrons. The summed E-state index contributed by atoms with van der Waals surface area (Å²) in [6, 6.07) is 10.8. The fraction of sp³-hybridized carbons (Fsp3) is 0.263. The van der Waals surface area contributed by atoms with Crippen LogP contribution in [0.2, 0.25) is 10.0 Å². The second-order valence-corrected chi connectivity index (χ2v) is 6.23. The second kappa shape index (κ2) is 10.6. The van der Waals surface area contributed by atoms with E-state index in [1.807, 2.05) is 18.2 Å². The summed E-state index contributed by atoms with van der Waals surface area (Å²) in [7, 11) is 3.17. The number of benzene rings is 2. The zero-order valence-electron chi connectivity index (χ0n) is 15.0. The lowest BCUT2D eigenvalue weighted by Crippen LogP contribution is -2.28. The fourth-order valence-electron chi connectivity index (χ4n) is 2.24. The summed E-state index contributed by atoms with van der Waals surface area (Å²) in [4.78, 5) is 16.8. The maximum absolute atomic E-state index is 11.8. The number of hydrogen-bond acceptors (Lipinski definition) is 5. The Balaban J connectivity index is 1.73. The smallest absolute Gasteiger partial charge is 0.260 e. The van der Waals surface area contributed by atoms with Crippen molar-refractivity contribution in [1.82, 2.24) is 5.32 Å². The van der Waals surface area contributed by atoms with Gasteiger partial charge in [-0.15, -0.1) is 0 Å². The van der Waals surface area contributed by atoms with E-state index >= 15 is 0 Å². The SMILES string of the molecule is COc1ccc(CCNC(=O)CO/N=C\c2cccc(Cl)c2Cl)cc1OC. The number of nitrogens with zero attached hydrogens (tertiary/aromatic N) is 1. The average Bonchev–Trinajstić information content (AvgIpc) is 2.68. The molecule has 0 atom stereocenters. The van der Waals surface area contributed by atoms with Crippen molar-refractivity contribution < 1.29 is 19.1 Å². The highest BCUT2D eigenvalue weighted by Crippen LogP contribution is 2.27. The van der Waals surface area contributed by atoms with Crippen molar-refractivity contribution in [3.8, 4) is 11.5 Å². The Labute approximate surface area is 168 Å². The van der Waals surface area contributed by atoms with Crippen molar-refractivity contribution in [1.29, 1.82) is 0 Å². The Morgan fingerprint density at radius 3 is 2.67 bits per heavy atom. The lowest BCUT2D eigenvalue weighted by molar-refractivity contribution is -0.125. The summed E-state index contributed by atoms with van der Waals surface area (Å²) >= 11 is 11.9. The van der Waals surface area contributed by atoms with Gasteiger partial charge in [0.15, 0.2) is 18.1 Å². The molecule has 0 bridgehead atoms. The standard InChI is InChI=1S/C19H20Cl2N2O4/c1-25-16-7-6-13(10-17(16)26-2)8-9-22-18(24)12-27-23-11-14-4-3-5-15(20)19(14)21/h3-7,10-11H,8-9,12H2,1-2H3,(H,22,24)/b23-11-. The highest BCUT2D eigenvalue weighted by molar-refractivity contribution is 6.43. The van der Waals surface area contributed by atoms with Crippen LogP contribution in [0.25, 0.3) is 0 Å². The van der Waals surface area contributed by atoms with Crippen LogP contribution < -0.4 is 14.8 Å². The Morgan fingerprint density at radius 2 is 1.93 bits per heavy atom. The van der Waals surface area contributed by atoms with Gasteiger partial charge in [0.25, 0.3) is 5.91 Å². The van der Waals surface area contributed by atoms with Gasteiger partial charge in [-0.1, -0.05) is 46.6 Å². The Kier molecular flexibility index (Phi) is 8.23. The third kappa shape index (κ3) is 6.34. The molecule has 0 unspecified atom stereocenters. The molecule has 0 aliphatic rings. The zero-order valence-corrected chi connectivity index (χ0v) is 16.5. The molecule has 1 amide bonds. The molecular weight excluding hydrogens is 391 g/mol. The molecule has 6 nitrogen and oxygen atoms in total. The van der Waals surface area contributed by atoms with Crippen LogP contribution in [0.3, 0.4) is 0 Å². The molecule has 2 aromatic rings. The molecule has 8 heteroatoms. The highest BCUT2D eigenvalue weighted by atomic mass is 35.5. The number of amides is 1. The first-order valence-corrected chi connectivity index (χ1v) is 8.87. The van der Waals surface area contributed by atoms with Crippen molar-refractivity contribution in [3.05, 3.63) is 57.6 Å². The summed E-state index contributed by atoms with van der Waals surface area (Å²) in [6.45, 7) is 0.266. The number of hydrogen-bond donors (Lipinski definition) is 1. The number of oxime groups is 1. The van der Waals surface area contributed by atoms with E-state index in [-0.39, 0.29) is 12.5 Å². The minimum atomic E-state index is -0.273. The first kappa shape index (κ1) is 20.9. The molecular formula is C19H20Cl2N2O4. The molecule has 0 aliphatic carbocycles. The van der Waals surface area contributed by atoms with Crippen LogP contribution in [0.5, 0.6) is 11.5 Å². The summed E-state index contributed by atoms with van der Waals surface area (Å²) in [5.74, 6) is 1.04. The fourth-order valence-corrected chi connectivity index (χ4v) is 2.60. The van der Waals surface area contributed by atoms with Gasteiger partial charge in [-0.05, 0) is 30.2 Å². The zero-order chi connectivity index (χ0) is 19.6. The van der Waals surface area contributed by atoms with E-state index < -0.39 is 0 Å². The number of nitrogens with one attached hydrogen (secondary N) is 1. The molecule has 0 spiro atoms. The number of methoxy groups -OCH3 is 2. The molecule has 2 aromatic carbocycles. The minimum Gasteiger partial charge on any atom is -0.493 e.